The Kier molecular flexibility index (Phi) is 3.44. The number of rotatable bonds is 5. The summed E-state index contributed by atoms with van der Waals surface area (Å²) in [4.78, 5) is 0. The zero-order valence-electron chi connectivity index (χ0n) is 9.58. The minimum Gasteiger partial charge on any atom is -0.493 e. The van der Waals surface area contributed by atoms with E-state index in [9.17, 15) is 4.39 Å². The molecule has 1 saturated carbocycles. The second-order valence-electron chi connectivity index (χ2n) is 4.55. The van der Waals surface area contributed by atoms with Crippen LogP contribution in [-0.2, 0) is 0 Å². The van der Waals surface area contributed by atoms with Crippen LogP contribution in [-0.4, -0.2) is 6.61 Å². The molecular formula is C13H18FNO. The van der Waals surface area contributed by atoms with Crippen LogP contribution in [0.15, 0.2) is 18.2 Å². The van der Waals surface area contributed by atoms with Gasteiger partial charge in [0.05, 0.1) is 6.61 Å². The van der Waals surface area contributed by atoms with Crippen molar-refractivity contribution in [1.29, 1.82) is 0 Å². The number of ether oxygens (including phenoxy) is 1. The Hall–Kier alpha value is -1.09. The van der Waals surface area contributed by atoms with E-state index in [0.717, 1.165) is 12.3 Å². The fraction of sp³-hybridized carbons (Fsp3) is 0.538. The summed E-state index contributed by atoms with van der Waals surface area (Å²) in [6.07, 6.45) is 3.72. The van der Waals surface area contributed by atoms with Gasteiger partial charge in [-0.3, -0.25) is 0 Å². The predicted molar refractivity (Wildman–Crippen MR) is 61.8 cm³/mol. The third-order valence-corrected chi connectivity index (χ3v) is 2.95. The topological polar surface area (TPSA) is 35.2 Å². The Bertz CT molecular complexity index is 361. The first kappa shape index (κ1) is 11.4. The monoisotopic (exact) mass is 223 g/mol. The van der Waals surface area contributed by atoms with Crippen LogP contribution in [0.5, 0.6) is 5.75 Å². The van der Waals surface area contributed by atoms with Crippen LogP contribution in [0.3, 0.4) is 0 Å². The summed E-state index contributed by atoms with van der Waals surface area (Å²) in [5, 5.41) is 0. The molecule has 0 spiro atoms. The van der Waals surface area contributed by atoms with Crippen LogP contribution in [0.4, 0.5) is 4.39 Å². The van der Waals surface area contributed by atoms with E-state index >= 15 is 0 Å². The Labute approximate surface area is 95.6 Å². The van der Waals surface area contributed by atoms with Crippen molar-refractivity contribution < 1.29 is 9.13 Å². The molecule has 2 nitrogen and oxygen atoms in total. The first-order valence-electron chi connectivity index (χ1n) is 5.84. The van der Waals surface area contributed by atoms with Gasteiger partial charge in [0, 0.05) is 17.7 Å². The third-order valence-electron chi connectivity index (χ3n) is 2.95. The van der Waals surface area contributed by atoms with E-state index in [4.69, 9.17) is 10.5 Å². The van der Waals surface area contributed by atoms with Gasteiger partial charge >= 0.3 is 0 Å². The zero-order chi connectivity index (χ0) is 11.5. The molecule has 1 aromatic rings. The van der Waals surface area contributed by atoms with Gasteiger partial charge < -0.3 is 10.5 Å². The van der Waals surface area contributed by atoms with Gasteiger partial charge in [-0.15, -0.1) is 0 Å². The van der Waals surface area contributed by atoms with E-state index in [1.807, 2.05) is 0 Å². The van der Waals surface area contributed by atoms with E-state index in [0.29, 0.717) is 17.9 Å². The fourth-order valence-corrected chi connectivity index (χ4v) is 1.72. The lowest BCUT2D eigenvalue weighted by atomic mass is 10.1. The number of nitrogens with two attached hydrogens (primary N) is 1. The Balaban J connectivity index is 1.91. The summed E-state index contributed by atoms with van der Waals surface area (Å²) in [6.45, 7) is 2.45. The summed E-state index contributed by atoms with van der Waals surface area (Å²) in [6, 6.07) is 4.63. The van der Waals surface area contributed by atoms with Gasteiger partial charge in [0.25, 0.3) is 0 Å². The van der Waals surface area contributed by atoms with Crippen LogP contribution in [0.25, 0.3) is 0 Å². The minimum absolute atomic E-state index is 0.277. The standard InChI is InChI=1S/C13H18FNO/c1-9(15)12-5-4-11(8-13(12)14)16-7-6-10-2-3-10/h4-5,8-10H,2-3,6-7,15H2,1H3/t9-/m0/s1. The SMILES string of the molecule is C[C@H](N)c1ccc(OCCC2CC2)cc1F. The maximum Gasteiger partial charge on any atom is 0.131 e. The van der Waals surface area contributed by atoms with Crippen LogP contribution in [0, 0.1) is 11.7 Å². The molecule has 16 heavy (non-hydrogen) atoms. The van der Waals surface area contributed by atoms with Gasteiger partial charge in [-0.1, -0.05) is 18.9 Å². The van der Waals surface area contributed by atoms with Crippen molar-refractivity contribution in [3.05, 3.63) is 29.6 Å². The van der Waals surface area contributed by atoms with Crippen molar-refractivity contribution in [1.82, 2.24) is 0 Å². The number of hydrogen-bond donors (Lipinski definition) is 1. The van der Waals surface area contributed by atoms with E-state index < -0.39 is 0 Å². The van der Waals surface area contributed by atoms with Crippen LogP contribution >= 0.6 is 0 Å². The van der Waals surface area contributed by atoms with E-state index in [2.05, 4.69) is 0 Å². The molecular weight excluding hydrogens is 205 g/mol. The summed E-state index contributed by atoms with van der Waals surface area (Å²) < 4.78 is 19.0. The summed E-state index contributed by atoms with van der Waals surface area (Å²) in [7, 11) is 0. The van der Waals surface area contributed by atoms with Crippen LogP contribution in [0.1, 0.15) is 37.8 Å². The largest absolute Gasteiger partial charge is 0.493 e. The third kappa shape index (κ3) is 2.95. The van der Waals surface area contributed by atoms with E-state index in [1.54, 1.807) is 19.1 Å². The van der Waals surface area contributed by atoms with Crippen LogP contribution in [0.2, 0.25) is 0 Å². The molecule has 0 bridgehead atoms. The smallest absolute Gasteiger partial charge is 0.131 e. The second-order valence-corrected chi connectivity index (χ2v) is 4.55. The molecule has 0 heterocycles. The van der Waals surface area contributed by atoms with Gasteiger partial charge in [-0.25, -0.2) is 4.39 Å². The fourth-order valence-electron chi connectivity index (χ4n) is 1.72. The van der Waals surface area contributed by atoms with Crippen molar-refractivity contribution >= 4 is 0 Å². The molecule has 88 valence electrons. The van der Waals surface area contributed by atoms with Crippen LogP contribution < -0.4 is 10.5 Å². The highest BCUT2D eigenvalue weighted by Gasteiger charge is 2.20. The van der Waals surface area contributed by atoms with Crippen molar-refractivity contribution in [2.75, 3.05) is 6.61 Å². The quantitative estimate of drug-likeness (QED) is 0.832. The number of benzene rings is 1. The second kappa shape index (κ2) is 4.83. The molecule has 1 atom stereocenters. The average Bonchev–Trinajstić information content (AvgIpc) is 3.01. The molecule has 1 aromatic carbocycles. The predicted octanol–water partition coefficient (Wildman–Crippen LogP) is 3.02. The molecule has 1 aliphatic carbocycles. The van der Waals surface area contributed by atoms with Crippen molar-refractivity contribution in [3.63, 3.8) is 0 Å². The summed E-state index contributed by atoms with van der Waals surface area (Å²) >= 11 is 0. The van der Waals surface area contributed by atoms with E-state index in [-0.39, 0.29) is 11.9 Å². The first-order chi connectivity index (χ1) is 7.66. The van der Waals surface area contributed by atoms with E-state index in [1.165, 1.54) is 18.9 Å². The highest BCUT2D eigenvalue weighted by molar-refractivity contribution is 5.30. The molecule has 0 aliphatic heterocycles. The van der Waals surface area contributed by atoms with Crippen molar-refractivity contribution in [2.45, 2.75) is 32.2 Å². The molecule has 0 saturated heterocycles. The highest BCUT2D eigenvalue weighted by Crippen LogP contribution is 2.32. The molecule has 2 N–H and O–H groups in total. The minimum atomic E-state index is -0.279. The molecule has 2 rings (SSSR count). The van der Waals surface area contributed by atoms with Crippen molar-refractivity contribution in [2.24, 2.45) is 11.7 Å². The maximum absolute atomic E-state index is 13.5. The summed E-state index contributed by atoms with van der Waals surface area (Å²) in [5.41, 5.74) is 6.17. The zero-order valence-corrected chi connectivity index (χ0v) is 9.58. The Morgan fingerprint density at radius 3 is 2.81 bits per heavy atom. The molecule has 3 heteroatoms. The molecule has 0 unspecified atom stereocenters. The number of halogens is 1. The Morgan fingerprint density at radius 1 is 1.50 bits per heavy atom. The lowest BCUT2D eigenvalue weighted by molar-refractivity contribution is 0.301. The molecule has 0 aromatic heterocycles. The van der Waals surface area contributed by atoms with Gasteiger partial charge in [-0.2, -0.15) is 0 Å². The lowest BCUT2D eigenvalue weighted by Gasteiger charge is -2.10. The Morgan fingerprint density at radius 2 is 2.25 bits per heavy atom. The average molecular weight is 223 g/mol. The molecule has 0 radical (unpaired) electrons. The van der Waals surface area contributed by atoms with Gasteiger partial charge in [0.15, 0.2) is 0 Å². The molecule has 1 fully saturated rings. The lowest BCUT2D eigenvalue weighted by Crippen LogP contribution is -2.07. The molecule has 0 amide bonds. The molecule has 1 aliphatic rings. The highest BCUT2D eigenvalue weighted by atomic mass is 19.1. The van der Waals surface area contributed by atoms with Crippen molar-refractivity contribution in [3.8, 4) is 5.75 Å². The number of hydrogen-bond acceptors (Lipinski definition) is 2. The normalized spacial score (nSPS) is 17.2. The summed E-state index contributed by atoms with van der Waals surface area (Å²) in [5.74, 6) is 1.16. The van der Waals surface area contributed by atoms with Gasteiger partial charge in [-0.05, 0) is 25.3 Å². The first-order valence-corrected chi connectivity index (χ1v) is 5.84. The van der Waals surface area contributed by atoms with Gasteiger partial charge in [0.1, 0.15) is 11.6 Å². The van der Waals surface area contributed by atoms with Gasteiger partial charge in [0.2, 0.25) is 0 Å². The maximum atomic E-state index is 13.5.